The van der Waals surface area contributed by atoms with Crippen LogP contribution >= 0.6 is 22.7 Å². The molecule has 0 saturated carbocycles. The molecule has 3 heterocycles. The largest absolute Gasteiger partial charge is 0.503 e. The van der Waals surface area contributed by atoms with Crippen LogP contribution in [0.4, 0.5) is 5.13 Å². The minimum atomic E-state index is -0.955. The second-order valence-corrected chi connectivity index (χ2v) is 10.1. The van der Waals surface area contributed by atoms with Crippen molar-refractivity contribution >= 4 is 49.7 Å². The van der Waals surface area contributed by atoms with Crippen molar-refractivity contribution < 1.29 is 24.2 Å². The van der Waals surface area contributed by atoms with Gasteiger partial charge in [-0.05, 0) is 60.7 Å². The van der Waals surface area contributed by atoms with Crippen molar-refractivity contribution in [1.29, 1.82) is 0 Å². The SMILES string of the molecule is COc1ccc(OC)c(C2C(C(=O)c3cccs3)=C(O)C(=O)N2c2nc3c(C)cc(C)cc3s2)c1. The fraction of sp³-hybridized carbons (Fsp3) is 0.192. The van der Waals surface area contributed by atoms with E-state index >= 15 is 0 Å². The molecule has 0 bridgehead atoms. The lowest BCUT2D eigenvalue weighted by Crippen LogP contribution is -2.31. The Morgan fingerprint density at radius 1 is 1.11 bits per heavy atom. The maximum Gasteiger partial charge on any atom is 0.296 e. The molecule has 1 aliphatic heterocycles. The van der Waals surface area contributed by atoms with Gasteiger partial charge in [-0.1, -0.05) is 23.5 Å². The number of nitrogens with zero attached hydrogens (tertiary/aromatic N) is 2. The minimum absolute atomic E-state index is 0.0174. The van der Waals surface area contributed by atoms with E-state index in [4.69, 9.17) is 14.5 Å². The average Bonchev–Trinajstić information content (AvgIpc) is 3.57. The first-order valence-electron chi connectivity index (χ1n) is 10.8. The number of fused-ring (bicyclic) bond motifs is 1. The smallest absolute Gasteiger partial charge is 0.296 e. The number of aromatic nitrogens is 1. The van der Waals surface area contributed by atoms with Crippen molar-refractivity contribution in [3.8, 4) is 11.5 Å². The third kappa shape index (κ3) is 3.77. The molecule has 0 fully saturated rings. The first kappa shape index (κ1) is 23.1. The summed E-state index contributed by atoms with van der Waals surface area (Å²) in [6.45, 7) is 3.97. The number of thiophene rings is 1. The van der Waals surface area contributed by atoms with E-state index in [1.807, 2.05) is 26.0 Å². The van der Waals surface area contributed by atoms with E-state index in [1.54, 1.807) is 35.7 Å². The molecule has 0 radical (unpaired) electrons. The zero-order chi connectivity index (χ0) is 24.9. The van der Waals surface area contributed by atoms with E-state index in [0.29, 0.717) is 27.1 Å². The fourth-order valence-corrected chi connectivity index (χ4v) is 6.23. The van der Waals surface area contributed by atoms with E-state index < -0.39 is 23.5 Å². The normalized spacial score (nSPS) is 15.8. The molecule has 9 heteroatoms. The molecule has 178 valence electrons. The minimum Gasteiger partial charge on any atom is -0.503 e. The highest BCUT2D eigenvalue weighted by molar-refractivity contribution is 7.22. The first-order valence-corrected chi connectivity index (χ1v) is 12.5. The maximum atomic E-state index is 13.6. The highest BCUT2D eigenvalue weighted by Gasteiger charge is 2.47. The third-order valence-corrected chi connectivity index (χ3v) is 7.82. The first-order chi connectivity index (χ1) is 16.8. The van der Waals surface area contributed by atoms with Gasteiger partial charge in [0.25, 0.3) is 5.91 Å². The van der Waals surface area contributed by atoms with Gasteiger partial charge in [-0.15, -0.1) is 11.3 Å². The lowest BCUT2D eigenvalue weighted by Gasteiger charge is -2.26. The molecule has 5 rings (SSSR count). The number of aliphatic hydroxyl groups excluding tert-OH is 1. The molecule has 4 aromatic rings. The number of thiazole rings is 1. The van der Waals surface area contributed by atoms with Crippen LogP contribution in [0.25, 0.3) is 10.2 Å². The number of anilines is 1. The van der Waals surface area contributed by atoms with Gasteiger partial charge in [0.2, 0.25) is 5.78 Å². The number of benzene rings is 2. The molecule has 1 atom stereocenters. The standard InChI is InChI=1S/C26H22N2O5S2/c1-13-10-14(2)21-19(11-13)35-26(27-21)28-22(16-12-15(32-3)7-8-17(16)33-4)20(24(30)25(28)31)23(29)18-6-5-9-34-18/h5-12,22,30H,1-4H3. The van der Waals surface area contributed by atoms with Gasteiger partial charge in [0.1, 0.15) is 17.5 Å². The van der Waals surface area contributed by atoms with Crippen LogP contribution < -0.4 is 14.4 Å². The van der Waals surface area contributed by atoms with Crippen LogP contribution in [0.1, 0.15) is 32.4 Å². The Balaban J connectivity index is 1.75. The summed E-state index contributed by atoms with van der Waals surface area (Å²) in [6, 6.07) is 11.7. The third-order valence-electron chi connectivity index (χ3n) is 5.95. The van der Waals surface area contributed by atoms with Crippen molar-refractivity contribution in [3.63, 3.8) is 0 Å². The molecular formula is C26H22N2O5S2. The number of ether oxygens (including phenoxy) is 2. The summed E-state index contributed by atoms with van der Waals surface area (Å²) < 4.78 is 11.9. The van der Waals surface area contributed by atoms with E-state index in [2.05, 4.69) is 0 Å². The van der Waals surface area contributed by atoms with Gasteiger partial charge in [0, 0.05) is 5.56 Å². The van der Waals surface area contributed by atoms with Gasteiger partial charge in [-0.2, -0.15) is 0 Å². The van der Waals surface area contributed by atoms with Crippen molar-refractivity contribution in [2.75, 3.05) is 19.1 Å². The number of hydrogen-bond acceptors (Lipinski definition) is 8. The lowest BCUT2D eigenvalue weighted by molar-refractivity contribution is -0.117. The van der Waals surface area contributed by atoms with Crippen LogP contribution in [0, 0.1) is 13.8 Å². The van der Waals surface area contributed by atoms with Crippen LogP contribution in [0.2, 0.25) is 0 Å². The molecule has 7 nitrogen and oxygen atoms in total. The molecule has 1 unspecified atom stereocenters. The number of amides is 1. The fourth-order valence-electron chi connectivity index (χ4n) is 4.38. The van der Waals surface area contributed by atoms with Gasteiger partial charge < -0.3 is 14.6 Å². The Morgan fingerprint density at radius 2 is 1.91 bits per heavy atom. The maximum absolute atomic E-state index is 13.6. The Bertz CT molecular complexity index is 1500. The number of ketones is 1. The zero-order valence-electron chi connectivity index (χ0n) is 19.5. The molecule has 2 aromatic heterocycles. The molecule has 0 saturated heterocycles. The monoisotopic (exact) mass is 506 g/mol. The molecule has 2 aromatic carbocycles. The molecule has 35 heavy (non-hydrogen) atoms. The summed E-state index contributed by atoms with van der Waals surface area (Å²) >= 11 is 2.58. The van der Waals surface area contributed by atoms with Crippen molar-refractivity contribution in [3.05, 3.63) is 80.7 Å². The molecular weight excluding hydrogens is 484 g/mol. The lowest BCUT2D eigenvalue weighted by atomic mass is 9.94. The number of hydrogen-bond donors (Lipinski definition) is 1. The van der Waals surface area contributed by atoms with Gasteiger partial charge in [0.15, 0.2) is 10.9 Å². The number of aliphatic hydroxyl groups is 1. The summed E-state index contributed by atoms with van der Waals surface area (Å²) in [7, 11) is 3.05. The summed E-state index contributed by atoms with van der Waals surface area (Å²) in [6.07, 6.45) is 0. The predicted octanol–water partition coefficient (Wildman–Crippen LogP) is 5.77. The van der Waals surface area contributed by atoms with Crippen molar-refractivity contribution in [2.45, 2.75) is 19.9 Å². The highest BCUT2D eigenvalue weighted by atomic mass is 32.1. The summed E-state index contributed by atoms with van der Waals surface area (Å²) in [5, 5.41) is 13.2. The molecule has 1 amide bonds. The van der Waals surface area contributed by atoms with E-state index in [0.717, 1.165) is 21.3 Å². The zero-order valence-corrected chi connectivity index (χ0v) is 21.1. The Labute approximate surface area is 209 Å². The number of carbonyl (C=O) groups is 2. The predicted molar refractivity (Wildman–Crippen MR) is 137 cm³/mol. The van der Waals surface area contributed by atoms with Gasteiger partial charge >= 0.3 is 0 Å². The molecule has 0 spiro atoms. The Kier molecular flexibility index (Phi) is 5.82. The summed E-state index contributed by atoms with van der Waals surface area (Å²) in [4.78, 5) is 33.7. The second kappa shape index (κ2) is 8.83. The second-order valence-electron chi connectivity index (χ2n) is 8.18. The summed E-state index contributed by atoms with van der Waals surface area (Å²) in [5.74, 6) is -0.721. The van der Waals surface area contributed by atoms with Crippen molar-refractivity contribution in [2.24, 2.45) is 0 Å². The Hall–Kier alpha value is -3.69. The number of Topliss-reactive ketones (excluding diaryl/α,β-unsaturated/α-hetero) is 1. The number of aryl methyl sites for hydroxylation is 2. The van der Waals surface area contributed by atoms with Crippen molar-refractivity contribution in [1.82, 2.24) is 4.98 Å². The van der Waals surface area contributed by atoms with Crippen LogP contribution in [0.5, 0.6) is 11.5 Å². The summed E-state index contributed by atoms with van der Waals surface area (Å²) in [5.41, 5.74) is 3.33. The van der Waals surface area contributed by atoms with E-state index in [-0.39, 0.29) is 5.57 Å². The topological polar surface area (TPSA) is 89.0 Å². The molecule has 1 N–H and O–H groups in total. The number of rotatable bonds is 6. The average molecular weight is 507 g/mol. The molecule has 0 aliphatic carbocycles. The van der Waals surface area contributed by atoms with Crippen LogP contribution in [0.15, 0.2) is 59.2 Å². The number of carbonyl (C=O) groups excluding carboxylic acids is 2. The highest BCUT2D eigenvalue weighted by Crippen LogP contribution is 2.47. The van der Waals surface area contributed by atoms with Gasteiger partial charge in [-0.3, -0.25) is 14.5 Å². The Morgan fingerprint density at radius 3 is 2.60 bits per heavy atom. The van der Waals surface area contributed by atoms with Crippen LogP contribution in [0.3, 0.4) is 0 Å². The molecule has 1 aliphatic rings. The quantitative estimate of drug-likeness (QED) is 0.334. The van der Waals surface area contributed by atoms with Gasteiger partial charge in [0.05, 0.1) is 34.9 Å². The van der Waals surface area contributed by atoms with Gasteiger partial charge in [-0.25, -0.2) is 4.98 Å². The number of methoxy groups -OCH3 is 2. The van der Waals surface area contributed by atoms with Crippen LogP contribution in [-0.4, -0.2) is 36.0 Å². The van der Waals surface area contributed by atoms with Crippen LogP contribution in [-0.2, 0) is 4.79 Å². The van der Waals surface area contributed by atoms with E-state index in [1.165, 1.54) is 41.8 Å². The van der Waals surface area contributed by atoms with E-state index in [9.17, 15) is 14.7 Å².